The average Bonchev–Trinajstić information content (AvgIpc) is 3.20. The Labute approximate surface area is 184 Å². The van der Waals surface area contributed by atoms with Gasteiger partial charge in [-0.1, -0.05) is 28.1 Å². The Morgan fingerprint density at radius 3 is 2.77 bits per heavy atom. The number of rotatable bonds is 6. The van der Waals surface area contributed by atoms with E-state index >= 15 is 0 Å². The van der Waals surface area contributed by atoms with E-state index in [2.05, 4.69) is 27.4 Å². The van der Waals surface area contributed by atoms with Gasteiger partial charge in [-0.3, -0.25) is 4.79 Å². The molecule has 30 heavy (non-hydrogen) atoms. The first-order valence-electron chi connectivity index (χ1n) is 9.69. The van der Waals surface area contributed by atoms with Crippen LogP contribution in [0.25, 0.3) is 0 Å². The van der Waals surface area contributed by atoms with E-state index in [1.807, 2.05) is 29.4 Å². The maximum absolute atomic E-state index is 13.1. The Kier molecular flexibility index (Phi) is 5.99. The molecule has 1 amide bonds. The Bertz CT molecular complexity index is 967. The molecule has 0 aliphatic carbocycles. The van der Waals surface area contributed by atoms with Crippen molar-refractivity contribution in [3.05, 3.63) is 70.5 Å². The Hall–Kier alpha value is -2.55. The van der Waals surface area contributed by atoms with Gasteiger partial charge in [-0.05, 0) is 42.3 Å². The lowest BCUT2D eigenvalue weighted by Crippen LogP contribution is -2.48. The predicted octanol–water partition coefficient (Wildman–Crippen LogP) is 3.13. The zero-order valence-corrected chi connectivity index (χ0v) is 18.4. The van der Waals surface area contributed by atoms with E-state index in [4.69, 9.17) is 9.47 Å². The smallest absolute Gasteiger partial charge is 0.251 e. The van der Waals surface area contributed by atoms with Gasteiger partial charge in [0, 0.05) is 22.4 Å². The van der Waals surface area contributed by atoms with E-state index in [0.717, 1.165) is 10.0 Å². The van der Waals surface area contributed by atoms with E-state index in [9.17, 15) is 9.90 Å². The van der Waals surface area contributed by atoms with Crippen molar-refractivity contribution < 1.29 is 19.4 Å². The fourth-order valence-electron chi connectivity index (χ4n) is 3.91. The molecular formula is C22H24BrN3O4. The first-order chi connectivity index (χ1) is 14.5. The Morgan fingerprint density at radius 2 is 2.03 bits per heavy atom. The van der Waals surface area contributed by atoms with Crippen LogP contribution in [-0.2, 0) is 4.79 Å². The zero-order valence-electron chi connectivity index (χ0n) is 16.8. The molecule has 158 valence electrons. The maximum atomic E-state index is 13.1. The molecule has 2 aliphatic rings. The van der Waals surface area contributed by atoms with Gasteiger partial charge in [0.25, 0.3) is 5.91 Å². The highest BCUT2D eigenvalue weighted by Crippen LogP contribution is 2.34. The number of ether oxygens (including phenoxy) is 2. The van der Waals surface area contributed by atoms with Crippen molar-refractivity contribution in [1.82, 2.24) is 15.3 Å². The highest BCUT2D eigenvalue weighted by Gasteiger charge is 2.40. The lowest BCUT2D eigenvalue weighted by molar-refractivity contribution is -0.135. The van der Waals surface area contributed by atoms with Crippen molar-refractivity contribution in [3.63, 3.8) is 0 Å². The van der Waals surface area contributed by atoms with Gasteiger partial charge in [-0.25, -0.2) is 5.43 Å². The number of fused-ring (bicyclic) bond motifs is 1. The first kappa shape index (κ1) is 20.7. The highest BCUT2D eigenvalue weighted by atomic mass is 79.9. The SMILES string of the molecule is COc1ccc(OC)c(C(O)CN2C=CN3NC(c4cccc(Br)c4)CC3C2=O)c1. The van der Waals surface area contributed by atoms with Crippen molar-refractivity contribution in [2.75, 3.05) is 20.8 Å². The number of methoxy groups -OCH3 is 2. The molecule has 0 aromatic heterocycles. The van der Waals surface area contributed by atoms with Crippen LogP contribution in [0.5, 0.6) is 11.5 Å². The number of β-amino-alcohol motifs (C(OH)–C–C–N with tert-alkyl or cyclic N) is 1. The maximum Gasteiger partial charge on any atom is 0.251 e. The lowest BCUT2D eigenvalue weighted by Gasteiger charge is -2.33. The number of hydrogen-bond acceptors (Lipinski definition) is 6. The lowest BCUT2D eigenvalue weighted by atomic mass is 10.0. The van der Waals surface area contributed by atoms with Gasteiger partial charge in [-0.15, -0.1) is 0 Å². The summed E-state index contributed by atoms with van der Waals surface area (Å²) in [6.45, 7) is 0.130. The third kappa shape index (κ3) is 4.03. The molecule has 3 unspecified atom stereocenters. The summed E-state index contributed by atoms with van der Waals surface area (Å²) in [5.41, 5.74) is 5.08. The third-order valence-corrected chi connectivity index (χ3v) is 5.98. The minimum atomic E-state index is -0.912. The van der Waals surface area contributed by atoms with Gasteiger partial charge in [0.05, 0.1) is 26.8 Å². The van der Waals surface area contributed by atoms with Crippen molar-refractivity contribution in [2.45, 2.75) is 24.6 Å². The van der Waals surface area contributed by atoms with Crippen LogP contribution < -0.4 is 14.9 Å². The number of aliphatic hydroxyl groups excluding tert-OH is 1. The predicted molar refractivity (Wildman–Crippen MR) is 116 cm³/mol. The number of halogens is 1. The summed E-state index contributed by atoms with van der Waals surface area (Å²) in [5.74, 6) is 1.12. The largest absolute Gasteiger partial charge is 0.497 e. The molecule has 1 fully saturated rings. The van der Waals surface area contributed by atoms with Crippen molar-refractivity contribution in [1.29, 1.82) is 0 Å². The number of carbonyl (C=O) groups is 1. The van der Waals surface area contributed by atoms with Crippen LogP contribution in [0.2, 0.25) is 0 Å². The molecule has 0 radical (unpaired) electrons. The second-order valence-electron chi connectivity index (χ2n) is 7.31. The molecular weight excluding hydrogens is 450 g/mol. The topological polar surface area (TPSA) is 74.3 Å². The summed E-state index contributed by atoms with van der Waals surface area (Å²) < 4.78 is 11.6. The fourth-order valence-corrected chi connectivity index (χ4v) is 4.33. The quantitative estimate of drug-likeness (QED) is 0.671. The average molecular weight is 474 g/mol. The third-order valence-electron chi connectivity index (χ3n) is 5.49. The Morgan fingerprint density at radius 1 is 1.20 bits per heavy atom. The molecule has 0 spiro atoms. The second kappa shape index (κ2) is 8.67. The molecule has 2 aromatic carbocycles. The minimum Gasteiger partial charge on any atom is -0.497 e. The molecule has 3 atom stereocenters. The van der Waals surface area contributed by atoms with E-state index < -0.39 is 6.10 Å². The number of benzene rings is 2. The molecule has 2 aliphatic heterocycles. The summed E-state index contributed by atoms with van der Waals surface area (Å²) in [4.78, 5) is 14.7. The molecule has 1 saturated heterocycles. The van der Waals surface area contributed by atoms with Crippen LogP contribution in [0.3, 0.4) is 0 Å². The van der Waals surface area contributed by atoms with Gasteiger partial charge in [0.15, 0.2) is 0 Å². The standard InChI is InChI=1S/C22H24BrN3O4/c1-29-16-6-7-21(30-2)17(11-16)20(27)13-25-8-9-26-19(22(25)28)12-18(24-26)14-4-3-5-15(23)10-14/h3-11,18-20,24,27H,12-13H2,1-2H3. The summed E-state index contributed by atoms with van der Waals surface area (Å²) in [6, 6.07) is 13.0. The molecule has 0 saturated carbocycles. The molecule has 8 heteroatoms. The van der Waals surface area contributed by atoms with Crippen LogP contribution in [0, 0.1) is 0 Å². The summed E-state index contributed by atoms with van der Waals surface area (Å²) in [6.07, 6.45) is 3.28. The van der Waals surface area contributed by atoms with Gasteiger partial charge < -0.3 is 24.5 Å². The van der Waals surface area contributed by atoms with Crippen LogP contribution in [0.4, 0.5) is 0 Å². The van der Waals surface area contributed by atoms with Crippen molar-refractivity contribution in [2.24, 2.45) is 0 Å². The van der Waals surface area contributed by atoms with Crippen LogP contribution in [-0.4, -0.2) is 47.7 Å². The van der Waals surface area contributed by atoms with Crippen LogP contribution >= 0.6 is 15.9 Å². The highest BCUT2D eigenvalue weighted by molar-refractivity contribution is 9.10. The number of hydrazine groups is 1. The second-order valence-corrected chi connectivity index (χ2v) is 8.22. The number of carbonyl (C=O) groups excluding carboxylic acids is 1. The number of hydrogen-bond donors (Lipinski definition) is 2. The molecule has 2 heterocycles. The van der Waals surface area contributed by atoms with Crippen molar-refractivity contribution >= 4 is 21.8 Å². The minimum absolute atomic E-state index is 0.0458. The van der Waals surface area contributed by atoms with Crippen LogP contribution in [0.15, 0.2) is 59.3 Å². The summed E-state index contributed by atoms with van der Waals surface area (Å²) in [7, 11) is 3.12. The summed E-state index contributed by atoms with van der Waals surface area (Å²) >= 11 is 3.50. The van der Waals surface area contributed by atoms with Crippen molar-refractivity contribution in [3.8, 4) is 11.5 Å². The number of nitrogens with zero attached hydrogens (tertiary/aromatic N) is 2. The van der Waals surface area contributed by atoms with Gasteiger partial charge in [0.1, 0.15) is 23.6 Å². The molecule has 7 nitrogen and oxygen atoms in total. The number of nitrogens with one attached hydrogen (secondary N) is 1. The van der Waals surface area contributed by atoms with E-state index in [1.54, 1.807) is 43.5 Å². The number of aliphatic hydroxyl groups is 1. The van der Waals surface area contributed by atoms with E-state index in [0.29, 0.717) is 23.5 Å². The van der Waals surface area contributed by atoms with Crippen LogP contribution in [0.1, 0.15) is 29.7 Å². The molecule has 4 rings (SSSR count). The fraction of sp³-hybridized carbons (Fsp3) is 0.318. The normalized spacial score (nSPS) is 21.5. The van der Waals surface area contributed by atoms with E-state index in [-0.39, 0.29) is 24.5 Å². The zero-order chi connectivity index (χ0) is 21.3. The molecule has 2 N–H and O–H groups in total. The van der Waals surface area contributed by atoms with Gasteiger partial charge >= 0.3 is 0 Å². The monoisotopic (exact) mass is 473 g/mol. The Balaban J connectivity index is 1.48. The first-order valence-corrected chi connectivity index (χ1v) is 10.5. The molecule has 2 aromatic rings. The van der Waals surface area contributed by atoms with Gasteiger partial charge in [-0.2, -0.15) is 0 Å². The van der Waals surface area contributed by atoms with E-state index in [1.165, 1.54) is 0 Å². The molecule has 0 bridgehead atoms. The summed E-state index contributed by atoms with van der Waals surface area (Å²) in [5, 5.41) is 12.7. The van der Waals surface area contributed by atoms with Gasteiger partial charge in [0.2, 0.25) is 0 Å². The number of amides is 1.